The van der Waals surface area contributed by atoms with Crippen LogP contribution in [-0.2, 0) is 9.53 Å². The van der Waals surface area contributed by atoms with Gasteiger partial charge >= 0.3 is 11.9 Å². The average molecular weight is 385 g/mol. The first-order valence-electron chi connectivity index (χ1n) is 9.00. The van der Waals surface area contributed by atoms with E-state index in [-0.39, 0.29) is 23.3 Å². The van der Waals surface area contributed by atoms with Crippen LogP contribution in [0.2, 0.25) is 0 Å². The number of esters is 2. The van der Waals surface area contributed by atoms with Crippen LogP contribution in [0.1, 0.15) is 29.3 Å². The second-order valence-corrected chi connectivity index (χ2v) is 6.65. The molecule has 0 aromatic heterocycles. The van der Waals surface area contributed by atoms with Crippen LogP contribution in [0.4, 0.5) is 0 Å². The summed E-state index contributed by atoms with van der Waals surface area (Å²) in [6.45, 7) is 5.06. The van der Waals surface area contributed by atoms with Crippen molar-refractivity contribution in [2.24, 2.45) is 0 Å². The van der Waals surface area contributed by atoms with E-state index in [0.717, 1.165) is 11.1 Å². The highest BCUT2D eigenvalue weighted by molar-refractivity contribution is 5.91. The zero-order valence-electron chi connectivity index (χ0n) is 15.9. The molecule has 2 aromatic carbocycles. The third kappa shape index (κ3) is 4.69. The minimum Gasteiger partial charge on any atom is -0.436 e. The maximum atomic E-state index is 12.5. The van der Waals surface area contributed by atoms with Crippen LogP contribution < -0.4 is 4.74 Å². The summed E-state index contributed by atoms with van der Waals surface area (Å²) >= 11 is 0. The smallest absolute Gasteiger partial charge is 0.339 e. The molecule has 3 rings (SSSR count). The van der Waals surface area contributed by atoms with Crippen LogP contribution in [0.25, 0.3) is 5.57 Å². The van der Waals surface area contributed by atoms with E-state index in [1.165, 1.54) is 24.3 Å². The van der Waals surface area contributed by atoms with Gasteiger partial charge in [0.05, 0.1) is 5.56 Å². The van der Waals surface area contributed by atoms with E-state index in [1.807, 2.05) is 36.4 Å². The second kappa shape index (κ2) is 8.41. The Morgan fingerprint density at radius 2 is 1.79 bits per heavy atom. The Kier molecular flexibility index (Phi) is 5.75. The first-order chi connectivity index (χ1) is 13.9. The lowest BCUT2D eigenvalue weighted by Crippen LogP contribution is -2.32. The standard InChI is InChI=1S/C24H19NO4/c1-17(2)22(26)28-21-10-8-20(9-11-21)23(27)29-24(16-25)14-12-19(13-15-24)18-6-4-3-5-7-18/h3-14H,1,15H2,2H3. The molecule has 0 bridgehead atoms. The molecule has 0 saturated heterocycles. The quantitative estimate of drug-likeness (QED) is 0.426. The molecule has 0 spiro atoms. The van der Waals surface area contributed by atoms with Gasteiger partial charge in [-0.25, -0.2) is 9.59 Å². The minimum absolute atomic E-state index is 0.251. The van der Waals surface area contributed by atoms with Crippen molar-refractivity contribution in [3.63, 3.8) is 0 Å². The number of nitriles is 1. The summed E-state index contributed by atoms with van der Waals surface area (Å²) in [5, 5.41) is 9.62. The van der Waals surface area contributed by atoms with E-state index < -0.39 is 17.5 Å². The van der Waals surface area contributed by atoms with E-state index in [0.29, 0.717) is 0 Å². The number of hydrogen-bond acceptors (Lipinski definition) is 5. The molecular formula is C24H19NO4. The fourth-order valence-electron chi connectivity index (χ4n) is 2.73. The molecule has 1 atom stereocenters. The van der Waals surface area contributed by atoms with Crippen molar-refractivity contribution in [2.75, 3.05) is 0 Å². The van der Waals surface area contributed by atoms with E-state index in [2.05, 4.69) is 12.6 Å². The molecule has 0 heterocycles. The minimum atomic E-state index is -1.36. The van der Waals surface area contributed by atoms with Crippen molar-refractivity contribution >= 4 is 17.5 Å². The molecule has 0 saturated carbocycles. The van der Waals surface area contributed by atoms with Gasteiger partial charge in [0.2, 0.25) is 5.60 Å². The molecule has 5 heteroatoms. The predicted octanol–water partition coefficient (Wildman–Crippen LogP) is 4.63. The van der Waals surface area contributed by atoms with Gasteiger partial charge in [-0.05, 0) is 48.4 Å². The lowest BCUT2D eigenvalue weighted by molar-refractivity contribution is -0.130. The van der Waals surface area contributed by atoms with Crippen molar-refractivity contribution in [3.8, 4) is 11.8 Å². The number of benzene rings is 2. The molecular weight excluding hydrogens is 366 g/mol. The number of carbonyl (C=O) groups is 2. The molecule has 1 unspecified atom stereocenters. The number of nitrogens with zero attached hydrogens (tertiary/aromatic N) is 1. The summed E-state index contributed by atoms with van der Waals surface area (Å²) in [6, 6.07) is 17.8. The third-order valence-corrected chi connectivity index (χ3v) is 4.38. The summed E-state index contributed by atoms with van der Waals surface area (Å²) in [5.74, 6) is -0.889. The van der Waals surface area contributed by atoms with Crippen molar-refractivity contribution in [1.29, 1.82) is 5.26 Å². The zero-order valence-corrected chi connectivity index (χ0v) is 15.9. The predicted molar refractivity (Wildman–Crippen MR) is 109 cm³/mol. The maximum absolute atomic E-state index is 12.5. The summed E-state index contributed by atoms with van der Waals surface area (Å²) in [6.07, 6.45) is 5.53. The highest BCUT2D eigenvalue weighted by Crippen LogP contribution is 2.30. The van der Waals surface area contributed by atoms with Gasteiger partial charge in [0, 0.05) is 12.0 Å². The Hall–Kier alpha value is -3.91. The number of hydrogen-bond donors (Lipinski definition) is 0. The van der Waals surface area contributed by atoms with Gasteiger partial charge in [0.25, 0.3) is 0 Å². The molecule has 5 nitrogen and oxygen atoms in total. The molecule has 1 aliphatic carbocycles. The van der Waals surface area contributed by atoms with Gasteiger partial charge < -0.3 is 9.47 Å². The monoisotopic (exact) mass is 385 g/mol. The van der Waals surface area contributed by atoms with Crippen molar-refractivity contribution in [1.82, 2.24) is 0 Å². The Labute approximate surface area is 169 Å². The van der Waals surface area contributed by atoms with E-state index in [9.17, 15) is 14.9 Å². The molecule has 0 amide bonds. The first kappa shape index (κ1) is 19.8. The van der Waals surface area contributed by atoms with Gasteiger partial charge in [-0.3, -0.25) is 0 Å². The summed E-state index contributed by atoms with van der Waals surface area (Å²) < 4.78 is 10.6. The normalized spacial score (nSPS) is 17.6. The van der Waals surface area contributed by atoms with Gasteiger partial charge in [0.1, 0.15) is 11.8 Å². The second-order valence-electron chi connectivity index (χ2n) is 6.65. The van der Waals surface area contributed by atoms with Crippen LogP contribution in [0.5, 0.6) is 5.75 Å². The SMILES string of the molecule is C=C(C)C(=O)Oc1ccc(C(=O)OC2(C#N)C=CC(c3ccccc3)=CC2)cc1. The number of rotatable bonds is 5. The van der Waals surface area contributed by atoms with Crippen LogP contribution in [0.15, 0.2) is 85.0 Å². The van der Waals surface area contributed by atoms with Crippen molar-refractivity contribution in [3.05, 3.63) is 96.1 Å². The van der Waals surface area contributed by atoms with Crippen molar-refractivity contribution in [2.45, 2.75) is 18.9 Å². The Bertz CT molecular complexity index is 1040. The Morgan fingerprint density at radius 3 is 2.34 bits per heavy atom. The van der Waals surface area contributed by atoms with Gasteiger partial charge in [-0.2, -0.15) is 5.26 Å². The van der Waals surface area contributed by atoms with Gasteiger partial charge in [0.15, 0.2) is 0 Å². The molecule has 0 radical (unpaired) electrons. The Balaban J connectivity index is 1.69. The first-order valence-corrected chi connectivity index (χ1v) is 9.00. The van der Waals surface area contributed by atoms with E-state index in [1.54, 1.807) is 19.1 Å². The zero-order chi connectivity index (χ0) is 20.9. The van der Waals surface area contributed by atoms with Crippen LogP contribution >= 0.6 is 0 Å². The summed E-state index contributed by atoms with van der Waals surface area (Å²) in [5.41, 5.74) is 1.16. The number of allylic oxidation sites excluding steroid dienone is 2. The Morgan fingerprint density at radius 1 is 1.10 bits per heavy atom. The van der Waals surface area contributed by atoms with Crippen LogP contribution in [0, 0.1) is 11.3 Å². The molecule has 144 valence electrons. The largest absolute Gasteiger partial charge is 0.436 e. The lowest BCUT2D eigenvalue weighted by Gasteiger charge is -2.25. The fourth-order valence-corrected chi connectivity index (χ4v) is 2.73. The highest BCUT2D eigenvalue weighted by Gasteiger charge is 2.33. The fraction of sp³-hybridized carbons (Fsp3) is 0.125. The molecule has 0 N–H and O–H groups in total. The van der Waals surface area contributed by atoms with Crippen LogP contribution in [0.3, 0.4) is 0 Å². The number of ether oxygens (including phenoxy) is 2. The molecule has 0 fully saturated rings. The van der Waals surface area contributed by atoms with Gasteiger partial charge in [-0.15, -0.1) is 0 Å². The van der Waals surface area contributed by atoms with Gasteiger partial charge in [-0.1, -0.05) is 49.1 Å². The average Bonchev–Trinajstić information content (AvgIpc) is 2.75. The van der Waals surface area contributed by atoms with E-state index >= 15 is 0 Å². The molecule has 0 aliphatic heterocycles. The lowest BCUT2D eigenvalue weighted by atomic mass is 9.90. The summed E-state index contributed by atoms with van der Waals surface area (Å²) in [7, 11) is 0. The van der Waals surface area contributed by atoms with Crippen molar-refractivity contribution < 1.29 is 19.1 Å². The topological polar surface area (TPSA) is 76.4 Å². The molecule has 1 aliphatic rings. The third-order valence-electron chi connectivity index (χ3n) is 4.38. The summed E-state index contributed by atoms with van der Waals surface area (Å²) in [4.78, 5) is 24.1. The highest BCUT2D eigenvalue weighted by atomic mass is 16.6. The number of carbonyl (C=O) groups excluding carboxylic acids is 2. The van der Waals surface area contributed by atoms with Crippen LogP contribution in [-0.4, -0.2) is 17.5 Å². The van der Waals surface area contributed by atoms with E-state index in [4.69, 9.17) is 9.47 Å². The molecule has 29 heavy (non-hydrogen) atoms. The molecule has 2 aromatic rings. The maximum Gasteiger partial charge on any atom is 0.339 e.